The highest BCUT2D eigenvalue weighted by atomic mass is 31.1. The molecule has 0 spiro atoms. The Balaban J connectivity index is 2.04. The van der Waals surface area contributed by atoms with Crippen molar-refractivity contribution in [3.8, 4) is 0 Å². The molecule has 0 aromatic rings. The van der Waals surface area contributed by atoms with Crippen LogP contribution in [0, 0.1) is 0 Å². The normalized spacial score (nSPS) is 21.8. The quantitative estimate of drug-likeness (QED) is 0.344. The van der Waals surface area contributed by atoms with Crippen molar-refractivity contribution in [3.05, 3.63) is 0 Å². The Bertz CT molecular complexity index is 93.2. The van der Waals surface area contributed by atoms with E-state index >= 15 is 0 Å². The molecule has 0 heterocycles. The molecule has 0 aromatic heterocycles. The van der Waals surface area contributed by atoms with Crippen molar-refractivity contribution in [3.63, 3.8) is 0 Å². The largest absolute Gasteiger partial charge is 0.0775 e. The van der Waals surface area contributed by atoms with Crippen molar-refractivity contribution in [2.24, 2.45) is 0 Å². The van der Waals surface area contributed by atoms with Gasteiger partial charge in [0.25, 0.3) is 0 Å². The molecule has 1 aliphatic carbocycles. The molecule has 0 unspecified atom stereocenters. The molecule has 0 aliphatic heterocycles. The maximum Gasteiger partial charge on any atom is -0.0170 e. The maximum atomic E-state index is 2.29. The summed E-state index contributed by atoms with van der Waals surface area (Å²) in [6.07, 6.45) is 13.3. The van der Waals surface area contributed by atoms with Crippen LogP contribution >= 0.6 is 8.58 Å². The second-order valence-corrected chi connectivity index (χ2v) is 5.45. The van der Waals surface area contributed by atoms with E-state index in [0.717, 1.165) is 5.66 Å². The standard InChI is InChI=1S/C11H22P/c1-2-3-10-12-11-8-6-4-5-7-9-11/h11H,2-10H2,1H3. The Morgan fingerprint density at radius 2 is 1.75 bits per heavy atom. The van der Waals surface area contributed by atoms with Crippen LogP contribution < -0.4 is 0 Å². The first-order valence-electron chi connectivity index (χ1n) is 5.60. The Hall–Kier alpha value is 0.430. The molecule has 1 aliphatic rings. The number of unbranched alkanes of at least 4 members (excludes halogenated alkanes) is 1. The lowest BCUT2D eigenvalue weighted by atomic mass is 10.2. The van der Waals surface area contributed by atoms with Crippen LogP contribution in [0.25, 0.3) is 0 Å². The summed E-state index contributed by atoms with van der Waals surface area (Å²) in [6, 6.07) is 0. The van der Waals surface area contributed by atoms with Crippen LogP contribution in [0.1, 0.15) is 58.3 Å². The maximum absolute atomic E-state index is 2.29. The molecular weight excluding hydrogens is 163 g/mol. The summed E-state index contributed by atoms with van der Waals surface area (Å²) in [6.45, 7) is 2.29. The third-order valence-corrected chi connectivity index (χ3v) is 4.33. The summed E-state index contributed by atoms with van der Waals surface area (Å²) in [5.74, 6) is 0. The molecule has 0 aromatic carbocycles. The minimum atomic E-state index is 1.07. The van der Waals surface area contributed by atoms with Gasteiger partial charge < -0.3 is 0 Å². The van der Waals surface area contributed by atoms with Gasteiger partial charge in [-0.2, -0.15) is 0 Å². The van der Waals surface area contributed by atoms with Crippen LogP contribution in [0.15, 0.2) is 0 Å². The predicted molar refractivity (Wildman–Crippen MR) is 58.2 cm³/mol. The van der Waals surface area contributed by atoms with Gasteiger partial charge in [0.15, 0.2) is 0 Å². The van der Waals surface area contributed by atoms with Crippen LogP contribution in [0.4, 0.5) is 0 Å². The molecule has 0 bridgehead atoms. The molecule has 1 rings (SSSR count). The number of hydrogen-bond acceptors (Lipinski definition) is 0. The van der Waals surface area contributed by atoms with Crippen LogP contribution in [0.5, 0.6) is 0 Å². The summed E-state index contributed by atoms with van der Waals surface area (Å²) in [7, 11) is 1.76. The third-order valence-electron chi connectivity index (χ3n) is 2.72. The van der Waals surface area contributed by atoms with Crippen LogP contribution in [-0.4, -0.2) is 11.8 Å². The minimum absolute atomic E-state index is 1.07. The summed E-state index contributed by atoms with van der Waals surface area (Å²) < 4.78 is 0. The van der Waals surface area contributed by atoms with E-state index in [9.17, 15) is 0 Å². The zero-order valence-electron chi connectivity index (χ0n) is 8.39. The number of hydrogen-bond donors (Lipinski definition) is 0. The van der Waals surface area contributed by atoms with E-state index in [4.69, 9.17) is 0 Å². The summed E-state index contributed by atoms with van der Waals surface area (Å²) in [5.41, 5.74) is 1.07. The van der Waals surface area contributed by atoms with Gasteiger partial charge in [-0.15, -0.1) is 0 Å². The van der Waals surface area contributed by atoms with E-state index in [0.29, 0.717) is 0 Å². The van der Waals surface area contributed by atoms with Crippen LogP contribution in [0.3, 0.4) is 0 Å². The van der Waals surface area contributed by atoms with E-state index in [2.05, 4.69) is 6.92 Å². The van der Waals surface area contributed by atoms with Gasteiger partial charge >= 0.3 is 0 Å². The van der Waals surface area contributed by atoms with E-state index in [-0.39, 0.29) is 0 Å². The molecule has 1 fully saturated rings. The van der Waals surface area contributed by atoms with Crippen molar-refractivity contribution in [2.45, 2.75) is 63.9 Å². The molecule has 12 heavy (non-hydrogen) atoms. The number of rotatable bonds is 4. The van der Waals surface area contributed by atoms with Gasteiger partial charge in [0.05, 0.1) is 0 Å². The highest BCUT2D eigenvalue weighted by Crippen LogP contribution is 2.32. The fraction of sp³-hybridized carbons (Fsp3) is 1.00. The first kappa shape index (κ1) is 10.5. The van der Waals surface area contributed by atoms with Crippen LogP contribution in [-0.2, 0) is 0 Å². The molecule has 0 amide bonds. The van der Waals surface area contributed by atoms with Gasteiger partial charge in [-0.05, 0) is 31.1 Å². The van der Waals surface area contributed by atoms with Gasteiger partial charge in [0.1, 0.15) is 0 Å². The first-order valence-corrected chi connectivity index (χ1v) is 6.75. The second-order valence-electron chi connectivity index (χ2n) is 3.91. The Morgan fingerprint density at radius 3 is 2.33 bits per heavy atom. The summed E-state index contributed by atoms with van der Waals surface area (Å²) >= 11 is 0. The summed E-state index contributed by atoms with van der Waals surface area (Å²) in [5, 5.41) is 0. The Kier molecular flexibility index (Phi) is 6.04. The summed E-state index contributed by atoms with van der Waals surface area (Å²) in [4.78, 5) is 0. The molecule has 1 saturated carbocycles. The SMILES string of the molecule is CCCC[P]C1CCCCCC1. The first-order chi connectivity index (χ1) is 5.93. The molecule has 0 N–H and O–H groups in total. The molecule has 71 valence electrons. The monoisotopic (exact) mass is 185 g/mol. The van der Waals surface area contributed by atoms with Gasteiger partial charge in [-0.3, -0.25) is 0 Å². The molecule has 0 atom stereocenters. The molecule has 1 radical (unpaired) electrons. The van der Waals surface area contributed by atoms with E-state index in [1.54, 1.807) is 8.58 Å². The van der Waals surface area contributed by atoms with E-state index in [1.807, 2.05) is 0 Å². The molecule has 0 saturated heterocycles. The Labute approximate surface area is 79.3 Å². The van der Waals surface area contributed by atoms with Gasteiger partial charge in [0, 0.05) is 0 Å². The van der Waals surface area contributed by atoms with Gasteiger partial charge in [-0.1, -0.05) is 47.6 Å². The average molecular weight is 185 g/mol. The van der Waals surface area contributed by atoms with Crippen molar-refractivity contribution in [1.82, 2.24) is 0 Å². The lowest BCUT2D eigenvalue weighted by molar-refractivity contribution is 0.702. The molecular formula is C11H22P. The van der Waals surface area contributed by atoms with Gasteiger partial charge in [-0.25, -0.2) is 0 Å². The van der Waals surface area contributed by atoms with E-state index < -0.39 is 0 Å². The van der Waals surface area contributed by atoms with Crippen molar-refractivity contribution in [1.29, 1.82) is 0 Å². The Morgan fingerprint density at radius 1 is 1.08 bits per heavy atom. The minimum Gasteiger partial charge on any atom is -0.0775 e. The zero-order chi connectivity index (χ0) is 8.65. The highest BCUT2D eigenvalue weighted by Gasteiger charge is 2.11. The smallest absolute Gasteiger partial charge is 0.0170 e. The molecule has 1 heteroatoms. The second kappa shape index (κ2) is 6.89. The molecule has 0 nitrogen and oxygen atoms in total. The topological polar surface area (TPSA) is 0 Å². The van der Waals surface area contributed by atoms with Gasteiger partial charge in [0.2, 0.25) is 0 Å². The van der Waals surface area contributed by atoms with Crippen LogP contribution in [0.2, 0.25) is 0 Å². The van der Waals surface area contributed by atoms with Crippen molar-refractivity contribution in [2.75, 3.05) is 6.16 Å². The lowest BCUT2D eigenvalue weighted by Gasteiger charge is -2.11. The van der Waals surface area contributed by atoms with E-state index in [1.165, 1.54) is 57.5 Å². The predicted octanol–water partition coefficient (Wildman–Crippen LogP) is 4.46. The fourth-order valence-electron chi connectivity index (χ4n) is 1.87. The fourth-order valence-corrected chi connectivity index (χ4v) is 3.47. The highest BCUT2D eigenvalue weighted by molar-refractivity contribution is 7.38. The van der Waals surface area contributed by atoms with Crippen molar-refractivity contribution < 1.29 is 0 Å². The zero-order valence-corrected chi connectivity index (χ0v) is 9.28. The lowest BCUT2D eigenvalue weighted by Crippen LogP contribution is -1.98. The third kappa shape index (κ3) is 4.45. The average Bonchev–Trinajstić information content (AvgIpc) is 2.33. The van der Waals surface area contributed by atoms with Crippen molar-refractivity contribution >= 4 is 8.58 Å².